The van der Waals surface area contributed by atoms with Crippen molar-refractivity contribution >= 4 is 11.8 Å². The molecule has 1 aliphatic heterocycles. The van der Waals surface area contributed by atoms with Crippen LogP contribution in [0.15, 0.2) is 0 Å². The van der Waals surface area contributed by atoms with Crippen LogP contribution in [0.3, 0.4) is 0 Å². The number of hydrogen-bond donors (Lipinski definition) is 1. The van der Waals surface area contributed by atoms with E-state index in [9.17, 15) is 9.59 Å². The predicted octanol–water partition coefficient (Wildman–Crippen LogP) is 1.33. The van der Waals surface area contributed by atoms with E-state index in [0.717, 1.165) is 44.3 Å². The molecule has 130 valence electrons. The second-order valence-corrected chi connectivity index (χ2v) is 7.31. The van der Waals surface area contributed by atoms with Crippen LogP contribution in [0.2, 0.25) is 0 Å². The lowest BCUT2D eigenvalue weighted by Gasteiger charge is -2.37. The maximum Gasteiger partial charge on any atom is 0.251 e. The van der Waals surface area contributed by atoms with Gasteiger partial charge in [0.25, 0.3) is 5.91 Å². The number of carbonyl (C=O) groups is 2. The van der Waals surface area contributed by atoms with E-state index in [-0.39, 0.29) is 23.8 Å². The van der Waals surface area contributed by atoms with Gasteiger partial charge in [0.15, 0.2) is 11.9 Å². The number of amides is 2. The average molecular weight is 331 g/mol. The van der Waals surface area contributed by atoms with Gasteiger partial charge in [-0.3, -0.25) is 9.59 Å². The fourth-order valence-corrected chi connectivity index (χ4v) is 3.94. The Bertz CT molecular complexity index is 645. The van der Waals surface area contributed by atoms with Gasteiger partial charge in [0.05, 0.1) is 0 Å². The van der Waals surface area contributed by atoms with Crippen LogP contribution in [0.25, 0.3) is 0 Å². The number of aryl methyl sites for hydroxylation is 1. The molecule has 7 heteroatoms. The van der Waals surface area contributed by atoms with Gasteiger partial charge in [0.2, 0.25) is 5.91 Å². The summed E-state index contributed by atoms with van der Waals surface area (Å²) in [7, 11) is 0. The Morgan fingerprint density at radius 2 is 1.79 bits per heavy atom. The SMILES string of the molecule is Cc1nnc2n1CCN(C(=O)C1CCCCC1)C2C(=O)NC1CC1. The Morgan fingerprint density at radius 1 is 1.04 bits per heavy atom. The van der Waals surface area contributed by atoms with Gasteiger partial charge in [-0.25, -0.2) is 0 Å². The molecular weight excluding hydrogens is 306 g/mol. The van der Waals surface area contributed by atoms with E-state index in [4.69, 9.17) is 0 Å². The van der Waals surface area contributed by atoms with Gasteiger partial charge >= 0.3 is 0 Å². The molecule has 2 fully saturated rings. The number of nitrogens with zero attached hydrogens (tertiary/aromatic N) is 4. The lowest BCUT2D eigenvalue weighted by atomic mass is 9.87. The molecule has 1 atom stereocenters. The van der Waals surface area contributed by atoms with Crippen molar-refractivity contribution in [2.24, 2.45) is 5.92 Å². The minimum atomic E-state index is -0.630. The van der Waals surface area contributed by atoms with Crippen molar-refractivity contribution in [2.45, 2.75) is 70.5 Å². The zero-order chi connectivity index (χ0) is 16.7. The highest BCUT2D eigenvalue weighted by molar-refractivity contribution is 5.89. The summed E-state index contributed by atoms with van der Waals surface area (Å²) in [4.78, 5) is 27.7. The summed E-state index contributed by atoms with van der Waals surface area (Å²) in [6, 6.07) is -0.362. The predicted molar refractivity (Wildman–Crippen MR) is 87.0 cm³/mol. The molecule has 0 bridgehead atoms. The van der Waals surface area contributed by atoms with Crippen LogP contribution >= 0.6 is 0 Å². The van der Waals surface area contributed by atoms with E-state index >= 15 is 0 Å². The van der Waals surface area contributed by atoms with Crippen molar-refractivity contribution in [2.75, 3.05) is 6.54 Å². The molecule has 2 heterocycles. The van der Waals surface area contributed by atoms with Crippen molar-refractivity contribution in [3.8, 4) is 0 Å². The standard InChI is InChI=1S/C17H25N5O2/c1-11-19-20-15-14(16(23)18-13-7-8-13)22(10-9-21(11)15)17(24)12-5-3-2-4-6-12/h12-14H,2-10H2,1H3,(H,18,23). The fourth-order valence-electron chi connectivity index (χ4n) is 3.94. The van der Waals surface area contributed by atoms with Gasteiger partial charge in [-0.1, -0.05) is 19.3 Å². The van der Waals surface area contributed by atoms with Gasteiger partial charge in [0.1, 0.15) is 5.82 Å². The van der Waals surface area contributed by atoms with Gasteiger partial charge in [0, 0.05) is 25.0 Å². The van der Waals surface area contributed by atoms with E-state index in [0.29, 0.717) is 18.9 Å². The first kappa shape index (κ1) is 15.6. The zero-order valence-corrected chi connectivity index (χ0v) is 14.2. The second kappa shape index (κ2) is 6.18. The molecule has 24 heavy (non-hydrogen) atoms. The van der Waals surface area contributed by atoms with Crippen LogP contribution in [0.1, 0.15) is 62.6 Å². The highest BCUT2D eigenvalue weighted by Gasteiger charge is 2.42. The quantitative estimate of drug-likeness (QED) is 0.906. The summed E-state index contributed by atoms with van der Waals surface area (Å²) < 4.78 is 1.97. The molecule has 1 N–H and O–H groups in total. The summed E-state index contributed by atoms with van der Waals surface area (Å²) in [5, 5.41) is 11.4. The third-order valence-corrected chi connectivity index (χ3v) is 5.49. The van der Waals surface area contributed by atoms with Crippen LogP contribution in [-0.4, -0.2) is 44.1 Å². The molecule has 4 rings (SSSR count). The Balaban J connectivity index is 1.61. The van der Waals surface area contributed by atoms with Crippen LogP contribution in [0, 0.1) is 12.8 Å². The lowest BCUT2D eigenvalue weighted by Crippen LogP contribution is -2.51. The number of aromatic nitrogens is 3. The van der Waals surface area contributed by atoms with Crippen LogP contribution in [0.5, 0.6) is 0 Å². The van der Waals surface area contributed by atoms with Crippen molar-refractivity contribution < 1.29 is 9.59 Å². The first-order valence-electron chi connectivity index (χ1n) is 9.15. The number of rotatable bonds is 3. The first-order chi connectivity index (χ1) is 11.6. The highest BCUT2D eigenvalue weighted by Crippen LogP contribution is 2.32. The Labute approximate surface area is 141 Å². The highest BCUT2D eigenvalue weighted by atomic mass is 16.2. The van der Waals surface area contributed by atoms with Gasteiger partial charge in [-0.2, -0.15) is 0 Å². The molecule has 3 aliphatic rings. The minimum Gasteiger partial charge on any atom is -0.351 e. The lowest BCUT2D eigenvalue weighted by molar-refractivity contribution is -0.146. The Kier molecular flexibility index (Phi) is 4.02. The summed E-state index contributed by atoms with van der Waals surface area (Å²) in [6.07, 6.45) is 7.37. The van der Waals surface area contributed by atoms with Crippen molar-refractivity contribution in [3.63, 3.8) is 0 Å². The normalized spacial score (nSPS) is 24.5. The second-order valence-electron chi connectivity index (χ2n) is 7.31. The summed E-state index contributed by atoms with van der Waals surface area (Å²) in [6.45, 7) is 3.12. The summed E-state index contributed by atoms with van der Waals surface area (Å²) in [5.41, 5.74) is 0. The van der Waals surface area contributed by atoms with Crippen LogP contribution in [-0.2, 0) is 16.1 Å². The smallest absolute Gasteiger partial charge is 0.251 e. The van der Waals surface area contributed by atoms with Crippen molar-refractivity contribution in [1.82, 2.24) is 25.0 Å². The molecule has 2 saturated carbocycles. The topological polar surface area (TPSA) is 80.1 Å². The monoisotopic (exact) mass is 331 g/mol. The Hall–Kier alpha value is -1.92. The molecule has 0 spiro atoms. The molecule has 2 aliphatic carbocycles. The molecule has 0 saturated heterocycles. The average Bonchev–Trinajstić information content (AvgIpc) is 3.35. The van der Waals surface area contributed by atoms with E-state index < -0.39 is 6.04 Å². The van der Waals surface area contributed by atoms with Gasteiger partial charge in [-0.15, -0.1) is 10.2 Å². The molecule has 1 aromatic heterocycles. The van der Waals surface area contributed by atoms with Gasteiger partial charge < -0.3 is 14.8 Å². The largest absolute Gasteiger partial charge is 0.351 e. The molecule has 2 amide bonds. The van der Waals surface area contributed by atoms with Gasteiger partial charge in [-0.05, 0) is 32.6 Å². The van der Waals surface area contributed by atoms with Crippen molar-refractivity contribution in [3.05, 3.63) is 11.6 Å². The summed E-state index contributed by atoms with van der Waals surface area (Å²) in [5.74, 6) is 1.50. The van der Waals surface area contributed by atoms with Crippen LogP contribution < -0.4 is 5.32 Å². The van der Waals surface area contributed by atoms with E-state index in [1.165, 1.54) is 6.42 Å². The van der Waals surface area contributed by atoms with E-state index in [1.54, 1.807) is 4.90 Å². The molecule has 0 radical (unpaired) electrons. The molecule has 0 aromatic carbocycles. The molecule has 1 aromatic rings. The maximum atomic E-state index is 13.1. The zero-order valence-electron chi connectivity index (χ0n) is 14.2. The summed E-state index contributed by atoms with van der Waals surface area (Å²) >= 11 is 0. The third kappa shape index (κ3) is 2.80. The van der Waals surface area contributed by atoms with Crippen molar-refractivity contribution in [1.29, 1.82) is 0 Å². The number of fused-ring (bicyclic) bond motifs is 1. The van der Waals surface area contributed by atoms with E-state index in [1.807, 2.05) is 11.5 Å². The fraction of sp³-hybridized carbons (Fsp3) is 0.765. The molecule has 7 nitrogen and oxygen atoms in total. The number of nitrogens with one attached hydrogen (secondary N) is 1. The molecule has 1 unspecified atom stereocenters. The third-order valence-electron chi connectivity index (χ3n) is 5.49. The number of hydrogen-bond acceptors (Lipinski definition) is 4. The number of carbonyl (C=O) groups excluding carboxylic acids is 2. The molecular formula is C17H25N5O2. The van der Waals surface area contributed by atoms with E-state index in [2.05, 4.69) is 15.5 Å². The first-order valence-corrected chi connectivity index (χ1v) is 9.15. The Morgan fingerprint density at radius 3 is 2.50 bits per heavy atom. The minimum absolute atomic E-state index is 0.0607. The van der Waals surface area contributed by atoms with Crippen LogP contribution in [0.4, 0.5) is 0 Å². The maximum absolute atomic E-state index is 13.1.